The van der Waals surface area contributed by atoms with Gasteiger partial charge >= 0.3 is 0 Å². The van der Waals surface area contributed by atoms with Crippen LogP contribution in [0.4, 0.5) is 0 Å². The molecular formula is C5H9BrO. The lowest BCUT2D eigenvalue weighted by Gasteiger charge is -1.90. The molecule has 0 aliphatic carbocycles. The Hall–Kier alpha value is 0.440. The van der Waals surface area contributed by atoms with Crippen molar-refractivity contribution >= 4 is 15.9 Å². The van der Waals surface area contributed by atoms with E-state index in [9.17, 15) is 0 Å². The summed E-state index contributed by atoms with van der Waals surface area (Å²) in [5.74, 6) is 0. The Bertz CT molecular complexity index is 72.5. The van der Waals surface area contributed by atoms with Crippen LogP contribution in [-0.2, 0) is 4.74 Å². The molecule has 0 amide bonds. The van der Waals surface area contributed by atoms with E-state index in [0.29, 0.717) is 17.0 Å². The van der Waals surface area contributed by atoms with Crippen LogP contribution in [0.3, 0.4) is 0 Å². The lowest BCUT2D eigenvalue weighted by atomic mass is 10.3. The number of ether oxygens (including phenoxy) is 1. The van der Waals surface area contributed by atoms with Gasteiger partial charge in [0.25, 0.3) is 0 Å². The van der Waals surface area contributed by atoms with Crippen LogP contribution in [0.2, 0.25) is 0 Å². The van der Waals surface area contributed by atoms with Gasteiger partial charge in [0.1, 0.15) is 0 Å². The first-order valence-corrected chi connectivity index (χ1v) is 3.43. The fourth-order valence-electron chi connectivity index (χ4n) is 0.684. The van der Waals surface area contributed by atoms with Gasteiger partial charge in [-0.15, -0.1) is 0 Å². The monoisotopic (exact) mass is 164 g/mol. The van der Waals surface area contributed by atoms with Crippen molar-refractivity contribution in [3.05, 3.63) is 0 Å². The van der Waals surface area contributed by atoms with Crippen molar-refractivity contribution in [2.75, 3.05) is 0 Å². The molecule has 1 saturated heterocycles. The topological polar surface area (TPSA) is 12.5 Å². The van der Waals surface area contributed by atoms with Gasteiger partial charge in [0.05, 0.1) is 12.2 Å². The van der Waals surface area contributed by atoms with Crippen LogP contribution < -0.4 is 0 Å². The van der Waals surface area contributed by atoms with E-state index in [1.54, 1.807) is 0 Å². The van der Waals surface area contributed by atoms with Crippen LogP contribution in [0.15, 0.2) is 0 Å². The van der Waals surface area contributed by atoms with Gasteiger partial charge in [-0.1, -0.05) is 22.9 Å². The molecule has 0 radical (unpaired) electrons. The summed E-state index contributed by atoms with van der Waals surface area (Å²) in [4.78, 5) is 0.530. The second kappa shape index (κ2) is 1.75. The number of hydrogen-bond donors (Lipinski definition) is 0. The lowest BCUT2D eigenvalue weighted by Crippen LogP contribution is -2.01. The Balaban J connectivity index is 2.20. The molecule has 1 nitrogen and oxygen atoms in total. The standard InChI is InChI=1S/C5H9BrO/c1-3(6)5-4(2)7-5/h3-5H,1-2H3/t3?,4-,5-/m0/s1. The predicted molar refractivity (Wildman–Crippen MR) is 32.7 cm³/mol. The minimum Gasteiger partial charge on any atom is -0.369 e. The number of epoxide rings is 1. The molecule has 1 rings (SSSR count). The molecule has 0 bridgehead atoms. The maximum Gasteiger partial charge on any atom is 0.0960 e. The Labute approximate surface area is 52.2 Å². The number of hydrogen-bond acceptors (Lipinski definition) is 1. The van der Waals surface area contributed by atoms with Gasteiger partial charge in [0.15, 0.2) is 0 Å². The van der Waals surface area contributed by atoms with Crippen molar-refractivity contribution < 1.29 is 4.74 Å². The van der Waals surface area contributed by atoms with Gasteiger partial charge in [0, 0.05) is 4.83 Å². The molecule has 1 aliphatic heterocycles. The highest BCUT2D eigenvalue weighted by atomic mass is 79.9. The third kappa shape index (κ3) is 1.16. The molecule has 42 valence electrons. The zero-order chi connectivity index (χ0) is 5.44. The Morgan fingerprint density at radius 2 is 2.14 bits per heavy atom. The first-order valence-electron chi connectivity index (χ1n) is 2.51. The molecule has 0 spiro atoms. The molecule has 0 aromatic carbocycles. The third-order valence-electron chi connectivity index (χ3n) is 1.21. The van der Waals surface area contributed by atoms with Gasteiger partial charge < -0.3 is 4.74 Å². The smallest absolute Gasteiger partial charge is 0.0960 e. The zero-order valence-corrected chi connectivity index (χ0v) is 6.10. The molecule has 1 unspecified atom stereocenters. The van der Waals surface area contributed by atoms with E-state index in [1.807, 2.05) is 0 Å². The molecule has 1 heterocycles. The zero-order valence-electron chi connectivity index (χ0n) is 4.52. The second-order valence-electron chi connectivity index (χ2n) is 1.98. The summed E-state index contributed by atoms with van der Waals surface area (Å²) in [6.45, 7) is 4.19. The number of rotatable bonds is 1. The minimum absolute atomic E-state index is 0.486. The fourth-order valence-corrected chi connectivity index (χ4v) is 1.24. The number of halogens is 1. The SMILES string of the molecule is CC(Br)[C@@H]1O[C@H]1C. The molecular weight excluding hydrogens is 156 g/mol. The Kier molecular flexibility index (Phi) is 1.39. The summed E-state index contributed by atoms with van der Waals surface area (Å²) in [5, 5.41) is 0. The van der Waals surface area contributed by atoms with Crippen LogP contribution in [0.25, 0.3) is 0 Å². The van der Waals surface area contributed by atoms with Crippen molar-refractivity contribution in [2.45, 2.75) is 30.9 Å². The van der Waals surface area contributed by atoms with Gasteiger partial charge in [-0.05, 0) is 6.92 Å². The maximum absolute atomic E-state index is 5.13. The van der Waals surface area contributed by atoms with Crippen molar-refractivity contribution in [3.63, 3.8) is 0 Å². The average Bonchev–Trinajstić information content (AvgIpc) is 2.17. The van der Waals surface area contributed by atoms with Gasteiger partial charge in [0.2, 0.25) is 0 Å². The molecule has 1 fully saturated rings. The molecule has 1 aliphatic rings. The summed E-state index contributed by atoms with van der Waals surface area (Å²) in [6, 6.07) is 0. The Morgan fingerprint density at radius 1 is 1.71 bits per heavy atom. The summed E-state index contributed by atoms with van der Waals surface area (Å²) in [6.07, 6.45) is 0.981. The van der Waals surface area contributed by atoms with E-state index >= 15 is 0 Å². The average molecular weight is 165 g/mol. The highest BCUT2D eigenvalue weighted by Crippen LogP contribution is 2.28. The van der Waals surface area contributed by atoms with Crippen molar-refractivity contribution in [1.29, 1.82) is 0 Å². The van der Waals surface area contributed by atoms with E-state index < -0.39 is 0 Å². The normalized spacial score (nSPS) is 43.3. The molecule has 0 aromatic heterocycles. The summed E-state index contributed by atoms with van der Waals surface area (Å²) >= 11 is 3.42. The first kappa shape index (κ1) is 5.57. The van der Waals surface area contributed by atoms with E-state index in [1.165, 1.54) is 0 Å². The second-order valence-corrected chi connectivity index (χ2v) is 3.43. The van der Waals surface area contributed by atoms with Gasteiger partial charge in [-0.3, -0.25) is 0 Å². The molecule has 0 saturated carbocycles. The highest BCUT2D eigenvalue weighted by molar-refractivity contribution is 9.09. The van der Waals surface area contributed by atoms with E-state index in [0.717, 1.165) is 0 Å². The van der Waals surface area contributed by atoms with Gasteiger partial charge in [-0.25, -0.2) is 0 Å². The summed E-state index contributed by atoms with van der Waals surface area (Å²) in [5.41, 5.74) is 0. The van der Waals surface area contributed by atoms with Crippen molar-refractivity contribution in [3.8, 4) is 0 Å². The van der Waals surface area contributed by atoms with Crippen molar-refractivity contribution in [2.24, 2.45) is 0 Å². The van der Waals surface area contributed by atoms with Gasteiger partial charge in [-0.2, -0.15) is 0 Å². The van der Waals surface area contributed by atoms with Crippen LogP contribution in [0.5, 0.6) is 0 Å². The molecule has 3 atom stereocenters. The largest absolute Gasteiger partial charge is 0.369 e. The predicted octanol–water partition coefficient (Wildman–Crippen LogP) is 1.56. The van der Waals surface area contributed by atoms with E-state index in [2.05, 4.69) is 29.8 Å². The van der Waals surface area contributed by atoms with E-state index in [-0.39, 0.29) is 0 Å². The van der Waals surface area contributed by atoms with Crippen LogP contribution in [0, 0.1) is 0 Å². The van der Waals surface area contributed by atoms with Crippen LogP contribution >= 0.6 is 15.9 Å². The lowest BCUT2D eigenvalue weighted by molar-refractivity contribution is 0.379. The fraction of sp³-hybridized carbons (Fsp3) is 1.00. The maximum atomic E-state index is 5.13. The Morgan fingerprint density at radius 3 is 2.14 bits per heavy atom. The highest BCUT2D eigenvalue weighted by Gasteiger charge is 2.37. The van der Waals surface area contributed by atoms with Crippen LogP contribution in [-0.4, -0.2) is 17.0 Å². The van der Waals surface area contributed by atoms with Crippen LogP contribution in [0.1, 0.15) is 13.8 Å². The number of alkyl halides is 1. The molecule has 2 heteroatoms. The van der Waals surface area contributed by atoms with Crippen molar-refractivity contribution in [1.82, 2.24) is 0 Å². The quantitative estimate of drug-likeness (QED) is 0.424. The molecule has 0 N–H and O–H groups in total. The molecule has 7 heavy (non-hydrogen) atoms. The third-order valence-corrected chi connectivity index (χ3v) is 1.73. The first-order chi connectivity index (χ1) is 3.22. The summed E-state index contributed by atoms with van der Waals surface area (Å²) in [7, 11) is 0. The molecule has 0 aromatic rings. The minimum atomic E-state index is 0.486. The summed E-state index contributed by atoms with van der Waals surface area (Å²) < 4.78 is 5.13. The van der Waals surface area contributed by atoms with E-state index in [4.69, 9.17) is 4.74 Å².